The molecule has 0 unspecified atom stereocenters. The van der Waals surface area contributed by atoms with Crippen LogP contribution in [0.5, 0.6) is 5.75 Å². The molecule has 2 aromatic carbocycles. The molecular weight excluding hydrogens is 324 g/mol. The molecule has 1 N–H and O–H groups in total. The average molecular weight is 340 g/mol. The van der Waals surface area contributed by atoms with Crippen molar-refractivity contribution < 1.29 is 14.3 Å². The fourth-order valence-electron chi connectivity index (χ4n) is 3.27. The summed E-state index contributed by atoms with van der Waals surface area (Å²) in [7, 11) is 1.59. The van der Waals surface area contributed by atoms with E-state index in [1.165, 1.54) is 11.8 Å². The first-order valence-electron chi connectivity index (χ1n) is 7.60. The molecule has 122 valence electrons. The van der Waals surface area contributed by atoms with Crippen molar-refractivity contribution in [2.75, 3.05) is 23.1 Å². The maximum Gasteiger partial charge on any atom is 0.266 e. The van der Waals surface area contributed by atoms with Crippen LogP contribution in [0.25, 0.3) is 0 Å². The van der Waals surface area contributed by atoms with Crippen molar-refractivity contribution >= 4 is 35.0 Å². The van der Waals surface area contributed by atoms with E-state index in [-0.39, 0.29) is 17.6 Å². The molecule has 0 bridgehead atoms. The molecule has 1 fully saturated rings. The summed E-state index contributed by atoms with van der Waals surface area (Å²) < 4.78 is 5.18. The second-order valence-corrected chi connectivity index (χ2v) is 7.03. The predicted octanol–water partition coefficient (Wildman–Crippen LogP) is 2.89. The Kier molecular flexibility index (Phi) is 3.31. The quantitative estimate of drug-likeness (QED) is 0.913. The molecular formula is C18H16N2O3S. The van der Waals surface area contributed by atoms with Gasteiger partial charge in [-0.15, -0.1) is 11.8 Å². The van der Waals surface area contributed by atoms with E-state index in [4.69, 9.17) is 4.74 Å². The highest BCUT2D eigenvalue weighted by Gasteiger charge is 2.58. The van der Waals surface area contributed by atoms with E-state index in [0.29, 0.717) is 11.4 Å². The van der Waals surface area contributed by atoms with Crippen LogP contribution < -0.4 is 15.0 Å². The van der Waals surface area contributed by atoms with Gasteiger partial charge in [0.15, 0.2) is 0 Å². The van der Waals surface area contributed by atoms with Gasteiger partial charge >= 0.3 is 0 Å². The van der Waals surface area contributed by atoms with Gasteiger partial charge in [0, 0.05) is 16.9 Å². The van der Waals surface area contributed by atoms with Gasteiger partial charge in [-0.3, -0.25) is 14.5 Å². The number of amides is 2. The Bertz CT molecular complexity index is 850. The second-order valence-electron chi connectivity index (χ2n) is 5.86. The van der Waals surface area contributed by atoms with Gasteiger partial charge in [0.25, 0.3) is 5.91 Å². The van der Waals surface area contributed by atoms with E-state index in [9.17, 15) is 9.59 Å². The molecule has 4 rings (SSSR count). The van der Waals surface area contributed by atoms with Crippen LogP contribution in [0.2, 0.25) is 0 Å². The number of benzene rings is 2. The first-order chi connectivity index (χ1) is 11.6. The number of thioether (sulfide) groups is 1. The number of hydrogen-bond acceptors (Lipinski definition) is 4. The minimum Gasteiger partial charge on any atom is -0.497 e. The van der Waals surface area contributed by atoms with Gasteiger partial charge in [0.2, 0.25) is 10.8 Å². The molecule has 1 spiro atoms. The third kappa shape index (κ3) is 1.96. The molecule has 0 radical (unpaired) electrons. The van der Waals surface area contributed by atoms with Crippen molar-refractivity contribution in [2.24, 2.45) is 0 Å². The van der Waals surface area contributed by atoms with Crippen molar-refractivity contribution in [3.8, 4) is 5.75 Å². The second kappa shape index (κ2) is 5.27. The summed E-state index contributed by atoms with van der Waals surface area (Å²) in [5, 5.41) is 2.92. The average Bonchev–Trinajstić information content (AvgIpc) is 3.07. The van der Waals surface area contributed by atoms with Crippen molar-refractivity contribution in [3.05, 3.63) is 53.6 Å². The lowest BCUT2D eigenvalue weighted by molar-refractivity contribution is -0.122. The molecule has 2 amide bonds. The van der Waals surface area contributed by atoms with Crippen LogP contribution in [-0.4, -0.2) is 24.7 Å². The Labute approximate surface area is 144 Å². The van der Waals surface area contributed by atoms with E-state index >= 15 is 0 Å². The van der Waals surface area contributed by atoms with Gasteiger partial charge in [-0.25, -0.2) is 0 Å². The van der Waals surface area contributed by atoms with E-state index in [2.05, 4.69) is 5.32 Å². The molecule has 6 heteroatoms. The minimum atomic E-state index is -1.03. The Morgan fingerprint density at radius 1 is 1.17 bits per heavy atom. The molecule has 24 heavy (non-hydrogen) atoms. The molecule has 2 heterocycles. The van der Waals surface area contributed by atoms with E-state index in [0.717, 1.165) is 16.8 Å². The fraction of sp³-hybridized carbons (Fsp3) is 0.222. The molecule has 5 nitrogen and oxygen atoms in total. The third-order valence-corrected chi connectivity index (χ3v) is 5.79. The highest BCUT2D eigenvalue weighted by molar-refractivity contribution is 8.02. The summed E-state index contributed by atoms with van der Waals surface area (Å²) in [5.41, 5.74) is 3.36. The van der Waals surface area contributed by atoms with Crippen molar-refractivity contribution in [1.29, 1.82) is 0 Å². The number of anilines is 2. The van der Waals surface area contributed by atoms with Crippen LogP contribution in [-0.2, 0) is 14.5 Å². The molecule has 2 aliphatic rings. The maximum absolute atomic E-state index is 12.9. The molecule has 0 saturated carbocycles. The topological polar surface area (TPSA) is 58.6 Å². The number of nitrogens with zero attached hydrogens (tertiary/aromatic N) is 1. The van der Waals surface area contributed by atoms with Gasteiger partial charge in [-0.2, -0.15) is 0 Å². The van der Waals surface area contributed by atoms with Gasteiger partial charge in [0.1, 0.15) is 5.75 Å². The molecule has 1 saturated heterocycles. The zero-order valence-electron chi connectivity index (χ0n) is 13.3. The van der Waals surface area contributed by atoms with E-state index in [1.807, 2.05) is 37.3 Å². The highest BCUT2D eigenvalue weighted by Crippen LogP contribution is 2.53. The Morgan fingerprint density at radius 3 is 2.62 bits per heavy atom. The number of aryl methyl sites for hydroxylation is 1. The van der Waals surface area contributed by atoms with Crippen LogP contribution >= 0.6 is 11.8 Å². The Morgan fingerprint density at radius 2 is 1.92 bits per heavy atom. The molecule has 2 aromatic rings. The molecule has 0 aliphatic carbocycles. The van der Waals surface area contributed by atoms with Crippen molar-refractivity contribution in [2.45, 2.75) is 11.8 Å². The monoisotopic (exact) mass is 340 g/mol. The number of carbonyl (C=O) groups excluding carboxylic acids is 2. The molecule has 0 aromatic heterocycles. The number of methoxy groups -OCH3 is 1. The lowest BCUT2D eigenvalue weighted by atomic mass is 10.0. The number of rotatable bonds is 2. The van der Waals surface area contributed by atoms with Crippen LogP contribution in [0.1, 0.15) is 11.1 Å². The number of carbonyl (C=O) groups is 2. The van der Waals surface area contributed by atoms with E-state index < -0.39 is 4.87 Å². The molecule has 2 aliphatic heterocycles. The number of nitrogens with one attached hydrogen (secondary N) is 1. The van der Waals surface area contributed by atoms with Gasteiger partial charge in [0.05, 0.1) is 12.9 Å². The predicted molar refractivity (Wildman–Crippen MR) is 94.4 cm³/mol. The van der Waals surface area contributed by atoms with Gasteiger partial charge < -0.3 is 10.1 Å². The first-order valence-corrected chi connectivity index (χ1v) is 8.58. The van der Waals surface area contributed by atoms with Crippen LogP contribution in [0.4, 0.5) is 11.4 Å². The zero-order valence-corrected chi connectivity index (χ0v) is 14.1. The highest BCUT2D eigenvalue weighted by atomic mass is 32.2. The summed E-state index contributed by atoms with van der Waals surface area (Å²) in [5.74, 6) is 0.732. The summed E-state index contributed by atoms with van der Waals surface area (Å²) >= 11 is 1.37. The Hall–Kier alpha value is -2.47. The van der Waals surface area contributed by atoms with Gasteiger partial charge in [-0.05, 0) is 37.3 Å². The first kappa shape index (κ1) is 15.1. The van der Waals surface area contributed by atoms with Crippen molar-refractivity contribution in [3.63, 3.8) is 0 Å². The summed E-state index contributed by atoms with van der Waals surface area (Å²) in [6.07, 6.45) is 0. The lowest BCUT2D eigenvalue weighted by Crippen LogP contribution is -2.47. The number of hydrogen-bond donors (Lipinski definition) is 1. The zero-order chi connectivity index (χ0) is 16.9. The number of ether oxygens (including phenoxy) is 1. The van der Waals surface area contributed by atoms with Crippen molar-refractivity contribution in [1.82, 2.24) is 0 Å². The maximum atomic E-state index is 12.9. The largest absolute Gasteiger partial charge is 0.497 e. The summed E-state index contributed by atoms with van der Waals surface area (Å²) in [6.45, 7) is 1.98. The normalized spacial score (nSPS) is 22.0. The minimum absolute atomic E-state index is 0.0744. The SMILES string of the molecule is COc1ccc(N2C(=O)CS[C@@]23C(=O)Nc2ccc(C)cc23)cc1. The van der Waals surface area contributed by atoms with Crippen LogP contribution in [0.3, 0.4) is 0 Å². The standard InChI is InChI=1S/C18H16N2O3S/c1-11-3-8-15-14(9-11)18(17(22)19-15)20(16(21)10-24-18)12-4-6-13(23-2)7-5-12/h3-9H,10H2,1-2H3,(H,19,22)/t18-/m0/s1. The Balaban J connectivity index is 1.88. The van der Waals surface area contributed by atoms with E-state index in [1.54, 1.807) is 24.1 Å². The summed E-state index contributed by atoms with van der Waals surface area (Å²) in [4.78, 5) is 26.1. The smallest absolute Gasteiger partial charge is 0.266 e. The molecule has 1 atom stereocenters. The lowest BCUT2D eigenvalue weighted by Gasteiger charge is -2.32. The fourth-order valence-corrected chi connectivity index (χ4v) is 4.57. The van der Waals surface area contributed by atoms with Gasteiger partial charge in [-0.1, -0.05) is 17.7 Å². The van der Waals surface area contributed by atoms with Crippen LogP contribution in [0, 0.1) is 6.92 Å². The number of fused-ring (bicyclic) bond motifs is 2. The third-order valence-electron chi connectivity index (χ3n) is 4.40. The summed E-state index contributed by atoms with van der Waals surface area (Å²) in [6, 6.07) is 13.0. The van der Waals surface area contributed by atoms with Crippen LogP contribution in [0.15, 0.2) is 42.5 Å².